The van der Waals surface area contributed by atoms with Crippen molar-refractivity contribution in [3.8, 4) is 0 Å². The third-order valence-electron chi connectivity index (χ3n) is 4.16. The number of hydrogen-bond donors (Lipinski definition) is 4. The van der Waals surface area contributed by atoms with E-state index < -0.39 is 33.9 Å². The molecule has 6 nitrogen and oxygen atoms in total. The molecule has 2 atom stereocenters. The molecule has 0 aliphatic heterocycles. The zero-order valence-corrected chi connectivity index (χ0v) is 25.7. The smallest absolute Gasteiger partial charge is 0.335 e. The molecule has 0 fully saturated rings. The van der Waals surface area contributed by atoms with Crippen LogP contribution in [0, 0.1) is 0 Å². The van der Waals surface area contributed by atoms with Crippen molar-refractivity contribution in [2.45, 2.75) is 58.6 Å². The summed E-state index contributed by atoms with van der Waals surface area (Å²) in [6, 6.07) is 16.6. The molecule has 2 aromatic carbocycles. The summed E-state index contributed by atoms with van der Waals surface area (Å²) in [5.41, 5.74) is 0.662. The maximum Gasteiger partial charge on any atom is 0.335 e. The second kappa shape index (κ2) is 17.0. The van der Waals surface area contributed by atoms with Crippen molar-refractivity contribution in [3.63, 3.8) is 0 Å². The minimum Gasteiger partial charge on any atom is -0.478 e. The van der Waals surface area contributed by atoms with Crippen LogP contribution in [0.25, 0.3) is 0 Å². The zero-order chi connectivity index (χ0) is 26.4. The third kappa shape index (κ3) is 16.2. The van der Waals surface area contributed by atoms with Gasteiger partial charge in [-0.15, -0.1) is 0 Å². The molecule has 0 aliphatic carbocycles. The van der Waals surface area contributed by atoms with Gasteiger partial charge in [0.15, 0.2) is 0 Å². The fourth-order valence-electron chi connectivity index (χ4n) is 1.78. The van der Waals surface area contributed by atoms with Crippen LogP contribution in [0.2, 0.25) is 8.94 Å². The molecule has 2 rings (SSSR count). The molecule has 0 spiro atoms. The van der Waals surface area contributed by atoms with Crippen molar-refractivity contribution in [2.75, 3.05) is 0 Å². The van der Waals surface area contributed by atoms with Gasteiger partial charge in [0.25, 0.3) is 0 Å². The van der Waals surface area contributed by atoms with E-state index in [0.29, 0.717) is 11.1 Å². The van der Waals surface area contributed by atoms with E-state index in [1.807, 2.05) is 27.7 Å². The van der Waals surface area contributed by atoms with E-state index in [-0.39, 0.29) is 34.1 Å². The van der Waals surface area contributed by atoms with Crippen LogP contribution in [0.4, 0.5) is 0 Å². The van der Waals surface area contributed by atoms with E-state index >= 15 is 0 Å². The summed E-state index contributed by atoms with van der Waals surface area (Å²) in [5.74, 6) is -1.76. The third-order valence-corrected chi connectivity index (χ3v) is 16.1. The van der Waals surface area contributed by atoms with Gasteiger partial charge in [0.1, 0.15) is 0 Å². The summed E-state index contributed by atoms with van der Waals surface area (Å²) < 4.78 is 1.69. The number of carboxylic acid groups (broad SMARTS) is 2. The Morgan fingerprint density at radius 3 is 1.15 bits per heavy atom. The van der Waals surface area contributed by atoms with Gasteiger partial charge in [-0.2, -0.15) is 0 Å². The Balaban J connectivity index is 0.000000513. The van der Waals surface area contributed by atoms with Gasteiger partial charge in [0.2, 0.25) is 0 Å². The second-order valence-electron chi connectivity index (χ2n) is 8.07. The number of aliphatic hydroxyl groups excluding tert-OH is 2. The van der Waals surface area contributed by atoms with Crippen LogP contribution in [-0.2, 0) is 0 Å². The van der Waals surface area contributed by atoms with E-state index in [9.17, 15) is 19.8 Å². The number of carboxylic acids is 2. The maximum absolute atomic E-state index is 10.2. The minimum absolute atomic E-state index is 0.162. The standard InChI is InChI=1S/C10H20Cl2O2Te2.2C7H6O2/c1-9(2,11)7(13)5-15-16-6-8(14)10(3,4)12;2*8-7(9)6-4-2-1-3-5-6/h7-8,13-14H,5-6H2,1-4H3;2*1-5H,(H,8,9). The molecule has 0 radical (unpaired) electrons. The zero-order valence-electron chi connectivity index (χ0n) is 19.5. The number of rotatable bonds is 9. The summed E-state index contributed by atoms with van der Waals surface area (Å²) >= 11 is 11.7. The predicted molar refractivity (Wildman–Crippen MR) is 140 cm³/mol. The Kier molecular flexibility index (Phi) is 16.7. The van der Waals surface area contributed by atoms with Gasteiger partial charge in [-0.05, 0) is 24.3 Å². The number of hydrogen-bond acceptors (Lipinski definition) is 4. The Morgan fingerprint density at radius 1 is 0.706 bits per heavy atom. The molecule has 2 aromatic rings. The Labute approximate surface area is 228 Å². The maximum atomic E-state index is 10.2. The number of carbonyl (C=O) groups is 2. The Hall–Kier alpha value is -0.541. The van der Waals surface area contributed by atoms with Gasteiger partial charge in [-0.25, -0.2) is 9.59 Å². The van der Waals surface area contributed by atoms with Gasteiger partial charge in [0.05, 0.1) is 11.1 Å². The van der Waals surface area contributed by atoms with Crippen molar-refractivity contribution in [3.05, 3.63) is 71.8 Å². The summed E-state index contributed by atoms with van der Waals surface area (Å²) in [6.45, 7) is 7.35. The average molecular weight is 743 g/mol. The predicted octanol–water partition coefficient (Wildman–Crippen LogP) is 4.67. The first-order valence-electron chi connectivity index (χ1n) is 10.2. The molecule has 34 heavy (non-hydrogen) atoms. The molecule has 0 aromatic heterocycles. The quantitative estimate of drug-likeness (QED) is 0.169. The molecule has 0 saturated carbocycles. The van der Waals surface area contributed by atoms with Crippen LogP contribution in [-0.4, -0.2) is 88.4 Å². The molecule has 0 bridgehead atoms. The first-order chi connectivity index (χ1) is 15.7. The largest absolute Gasteiger partial charge is 0.478 e. The van der Waals surface area contributed by atoms with Crippen LogP contribution in [0.15, 0.2) is 60.7 Å². The van der Waals surface area contributed by atoms with Gasteiger partial charge in [-0.3, -0.25) is 0 Å². The van der Waals surface area contributed by atoms with Crippen LogP contribution in [0.1, 0.15) is 48.4 Å². The van der Waals surface area contributed by atoms with Crippen molar-refractivity contribution in [1.82, 2.24) is 0 Å². The fourth-order valence-corrected chi connectivity index (χ4v) is 14.8. The van der Waals surface area contributed by atoms with E-state index in [2.05, 4.69) is 0 Å². The van der Waals surface area contributed by atoms with Crippen LogP contribution in [0.5, 0.6) is 0 Å². The molecular formula is C24H32Cl2O6Te2. The molecule has 0 aliphatic rings. The van der Waals surface area contributed by atoms with Gasteiger partial charge in [0, 0.05) is 0 Å². The number of aliphatic hydroxyl groups is 2. The van der Waals surface area contributed by atoms with Gasteiger partial charge in [-0.1, -0.05) is 36.4 Å². The van der Waals surface area contributed by atoms with Crippen LogP contribution >= 0.6 is 23.2 Å². The van der Waals surface area contributed by atoms with Gasteiger partial charge < -0.3 is 10.2 Å². The number of alkyl halides is 2. The van der Waals surface area contributed by atoms with Crippen molar-refractivity contribution >= 4 is 69.3 Å². The van der Waals surface area contributed by atoms with Crippen molar-refractivity contribution < 1.29 is 30.0 Å². The average Bonchev–Trinajstić information content (AvgIpc) is 2.77. The van der Waals surface area contributed by atoms with E-state index in [4.69, 9.17) is 33.4 Å². The summed E-state index contributed by atoms with van der Waals surface area (Å²) in [6.07, 6.45) is -0.828. The molecule has 0 amide bonds. The summed E-state index contributed by atoms with van der Waals surface area (Å²) in [5, 5.41) is 36.3. The van der Waals surface area contributed by atoms with Crippen LogP contribution < -0.4 is 0 Å². The van der Waals surface area contributed by atoms with Crippen molar-refractivity contribution in [2.24, 2.45) is 0 Å². The Bertz CT molecular complexity index is 769. The molecule has 0 saturated heterocycles. The monoisotopic (exact) mass is 746 g/mol. The van der Waals surface area contributed by atoms with Crippen molar-refractivity contribution in [1.29, 1.82) is 0 Å². The molecule has 4 N–H and O–H groups in total. The molecule has 190 valence electrons. The second-order valence-corrected chi connectivity index (χ2v) is 22.3. The van der Waals surface area contributed by atoms with Crippen LogP contribution in [0.3, 0.4) is 0 Å². The first kappa shape index (κ1) is 33.5. The fraction of sp³-hybridized carbons (Fsp3) is 0.417. The number of halogens is 2. The van der Waals surface area contributed by atoms with E-state index in [1.165, 1.54) is 0 Å². The van der Waals surface area contributed by atoms with Gasteiger partial charge >= 0.3 is 138 Å². The SMILES string of the molecule is CC(C)(Cl)C(O)C[Te][Te]CC(O)C(C)(C)Cl.O=C(O)c1ccccc1.O=C(O)c1ccccc1. The van der Waals surface area contributed by atoms with E-state index in [1.54, 1.807) is 60.7 Å². The number of aromatic carboxylic acids is 2. The first-order valence-corrected chi connectivity index (χ1v) is 21.6. The molecule has 2 unspecified atom stereocenters. The molecule has 0 heterocycles. The summed E-state index contributed by atoms with van der Waals surface area (Å²) in [7, 11) is 0. The summed E-state index contributed by atoms with van der Waals surface area (Å²) in [4.78, 5) is 19.4. The molecular weight excluding hydrogens is 710 g/mol. The topological polar surface area (TPSA) is 115 Å². The normalized spacial score (nSPS) is 12.8. The number of benzene rings is 2. The minimum atomic E-state index is -0.879. The Morgan fingerprint density at radius 2 is 0.971 bits per heavy atom. The molecule has 10 heteroatoms. The van der Waals surface area contributed by atoms with E-state index in [0.717, 1.165) is 8.94 Å².